The van der Waals surface area contributed by atoms with Crippen molar-refractivity contribution in [2.45, 2.75) is 57.8 Å². The van der Waals surface area contributed by atoms with Crippen LogP contribution >= 0.6 is 11.6 Å². The van der Waals surface area contributed by atoms with Crippen LogP contribution in [0.3, 0.4) is 0 Å². The van der Waals surface area contributed by atoms with Gasteiger partial charge in [0.1, 0.15) is 17.0 Å². The number of anilines is 1. The molecule has 0 atom stereocenters. The summed E-state index contributed by atoms with van der Waals surface area (Å²) in [5, 5.41) is 16.6. The molecule has 2 aromatic heterocycles. The molecule has 0 radical (unpaired) electrons. The molecular weight excluding hydrogens is 476 g/mol. The van der Waals surface area contributed by atoms with E-state index in [-0.39, 0.29) is 18.2 Å². The zero-order chi connectivity index (χ0) is 24.8. The van der Waals surface area contributed by atoms with Gasteiger partial charge in [0, 0.05) is 32.0 Å². The van der Waals surface area contributed by atoms with Crippen LogP contribution in [0.2, 0.25) is 5.02 Å². The van der Waals surface area contributed by atoms with Crippen molar-refractivity contribution in [1.29, 1.82) is 0 Å². The van der Waals surface area contributed by atoms with Crippen molar-refractivity contribution < 1.29 is 23.6 Å². The smallest absolute Gasteiger partial charge is 0.330 e. The molecule has 5 rings (SSSR count). The minimum atomic E-state index is -0.597. The first kappa shape index (κ1) is 23.3. The third-order valence-corrected chi connectivity index (χ3v) is 6.24. The molecule has 3 aromatic rings. The number of aromatic nitrogens is 5. The van der Waals surface area contributed by atoms with Gasteiger partial charge in [0.2, 0.25) is 11.6 Å². The van der Waals surface area contributed by atoms with Gasteiger partial charge < -0.3 is 18.9 Å². The highest BCUT2D eigenvalue weighted by atomic mass is 35.5. The number of esters is 1. The van der Waals surface area contributed by atoms with Crippen LogP contribution in [0.15, 0.2) is 28.8 Å². The molecule has 0 aliphatic carbocycles. The van der Waals surface area contributed by atoms with Crippen LogP contribution in [0.25, 0.3) is 11.6 Å². The molecule has 184 valence electrons. The fourth-order valence-corrected chi connectivity index (χ4v) is 4.62. The summed E-state index contributed by atoms with van der Waals surface area (Å²) in [6.45, 7) is 6.47. The number of nitrogens with zero attached hydrogens (tertiary/aromatic N) is 6. The number of benzene rings is 1. The SMILES string of the molecule is CC(C)(C)OC(=O)Cn1nnc(-c2cc(N3CCC4(CC3)CC(=O)c3c(Cl)cccc3O4)no2)n1. The molecular formula is C23H25ClN6O5. The average molecular weight is 501 g/mol. The maximum atomic E-state index is 12.8. The topological polar surface area (TPSA) is 125 Å². The number of rotatable bonds is 4. The van der Waals surface area contributed by atoms with Crippen molar-refractivity contribution in [3.8, 4) is 17.3 Å². The highest BCUT2D eigenvalue weighted by Gasteiger charge is 2.44. The number of carbonyl (C=O) groups excluding carboxylic acids is 2. The predicted octanol–water partition coefficient (Wildman–Crippen LogP) is 3.33. The van der Waals surface area contributed by atoms with Crippen LogP contribution in [-0.4, -0.2) is 61.4 Å². The summed E-state index contributed by atoms with van der Waals surface area (Å²) < 4.78 is 17.0. The molecule has 1 aromatic carbocycles. The van der Waals surface area contributed by atoms with Crippen molar-refractivity contribution in [3.63, 3.8) is 0 Å². The summed E-state index contributed by atoms with van der Waals surface area (Å²) in [6.07, 6.45) is 1.60. The van der Waals surface area contributed by atoms with E-state index in [2.05, 4.69) is 25.5 Å². The second kappa shape index (κ2) is 8.63. The van der Waals surface area contributed by atoms with Gasteiger partial charge in [-0.25, -0.2) is 4.79 Å². The molecule has 12 heteroatoms. The molecule has 2 aliphatic rings. The standard InChI is InChI=1S/C23H25ClN6O5/c1-22(2,3)34-19(32)13-30-26-21(25-28-30)17-11-18(27-35-17)29-9-7-23(8-10-29)12-15(31)20-14(24)5-4-6-16(20)33-23/h4-6,11H,7-10,12-13H2,1-3H3. The largest absolute Gasteiger partial charge is 0.486 e. The summed E-state index contributed by atoms with van der Waals surface area (Å²) in [7, 11) is 0. The minimum Gasteiger partial charge on any atom is -0.486 e. The number of fused-ring (bicyclic) bond motifs is 1. The van der Waals surface area contributed by atoms with Gasteiger partial charge in [-0.1, -0.05) is 22.8 Å². The monoisotopic (exact) mass is 500 g/mol. The third kappa shape index (κ3) is 4.86. The maximum absolute atomic E-state index is 12.8. The second-order valence-corrected chi connectivity index (χ2v) is 10.2. The van der Waals surface area contributed by atoms with E-state index in [9.17, 15) is 9.59 Å². The molecule has 0 N–H and O–H groups in total. The Morgan fingerprint density at radius 1 is 1.26 bits per heavy atom. The minimum absolute atomic E-state index is 0.00886. The van der Waals surface area contributed by atoms with E-state index in [0.29, 0.717) is 60.3 Å². The molecule has 2 aliphatic heterocycles. The number of halogens is 1. The predicted molar refractivity (Wildman–Crippen MR) is 124 cm³/mol. The van der Waals surface area contributed by atoms with Crippen LogP contribution in [-0.2, 0) is 16.1 Å². The summed E-state index contributed by atoms with van der Waals surface area (Å²) >= 11 is 6.21. The normalized spacial score (nSPS) is 17.3. The van der Waals surface area contributed by atoms with Gasteiger partial charge in [-0.05, 0) is 38.1 Å². The zero-order valence-electron chi connectivity index (χ0n) is 19.7. The van der Waals surface area contributed by atoms with E-state index in [0.717, 1.165) is 4.80 Å². The van der Waals surface area contributed by atoms with Crippen molar-refractivity contribution in [3.05, 3.63) is 34.9 Å². The zero-order valence-corrected chi connectivity index (χ0v) is 20.4. The Morgan fingerprint density at radius 3 is 2.77 bits per heavy atom. The lowest BCUT2D eigenvalue weighted by molar-refractivity contribution is -0.156. The second-order valence-electron chi connectivity index (χ2n) is 9.76. The van der Waals surface area contributed by atoms with Crippen molar-refractivity contribution in [2.75, 3.05) is 18.0 Å². The van der Waals surface area contributed by atoms with E-state index >= 15 is 0 Å². The van der Waals surface area contributed by atoms with Crippen molar-refractivity contribution in [2.24, 2.45) is 0 Å². The maximum Gasteiger partial charge on any atom is 0.330 e. The average Bonchev–Trinajstić information content (AvgIpc) is 3.42. The third-order valence-electron chi connectivity index (χ3n) is 5.92. The van der Waals surface area contributed by atoms with Gasteiger partial charge in [-0.3, -0.25) is 4.79 Å². The Morgan fingerprint density at radius 2 is 2.03 bits per heavy atom. The molecule has 35 heavy (non-hydrogen) atoms. The summed E-state index contributed by atoms with van der Waals surface area (Å²) in [4.78, 5) is 28.0. The number of hydrogen-bond acceptors (Lipinski definition) is 10. The Kier molecular flexibility index (Phi) is 5.74. The van der Waals surface area contributed by atoms with E-state index in [1.54, 1.807) is 45.0 Å². The molecule has 1 saturated heterocycles. The molecule has 0 bridgehead atoms. The number of ketones is 1. The number of Topliss-reactive ketones (excluding diaryl/α,β-unsaturated/α-hetero) is 1. The quantitative estimate of drug-likeness (QED) is 0.492. The molecule has 4 heterocycles. The van der Waals surface area contributed by atoms with Crippen LogP contribution in [0.4, 0.5) is 5.82 Å². The van der Waals surface area contributed by atoms with Gasteiger partial charge in [0.15, 0.2) is 18.1 Å². The lowest BCUT2D eigenvalue weighted by Gasteiger charge is -2.44. The Hall–Kier alpha value is -3.47. The number of ether oxygens (including phenoxy) is 2. The molecule has 0 amide bonds. The highest BCUT2D eigenvalue weighted by Crippen LogP contribution is 2.42. The van der Waals surface area contributed by atoms with E-state index in [1.807, 2.05) is 0 Å². The molecule has 11 nitrogen and oxygen atoms in total. The van der Waals surface area contributed by atoms with E-state index in [4.69, 9.17) is 25.6 Å². The van der Waals surface area contributed by atoms with E-state index in [1.165, 1.54) is 0 Å². The fourth-order valence-electron chi connectivity index (χ4n) is 4.35. The van der Waals surface area contributed by atoms with Crippen molar-refractivity contribution >= 4 is 29.2 Å². The van der Waals surface area contributed by atoms with Crippen molar-refractivity contribution in [1.82, 2.24) is 25.4 Å². The molecule has 0 unspecified atom stereocenters. The van der Waals surface area contributed by atoms with Crippen LogP contribution in [0.1, 0.15) is 50.4 Å². The summed E-state index contributed by atoms with van der Waals surface area (Å²) in [5.41, 5.74) is -0.681. The molecule has 1 fully saturated rings. The first-order valence-electron chi connectivity index (χ1n) is 11.3. The van der Waals surface area contributed by atoms with Gasteiger partial charge in [-0.15, -0.1) is 10.2 Å². The lowest BCUT2D eigenvalue weighted by atomic mass is 9.82. The summed E-state index contributed by atoms with van der Waals surface area (Å²) in [5.74, 6) is 1.28. The van der Waals surface area contributed by atoms with Gasteiger partial charge >= 0.3 is 5.97 Å². The number of piperidine rings is 1. The number of tetrazole rings is 1. The lowest BCUT2D eigenvalue weighted by Crippen LogP contribution is -2.51. The number of hydrogen-bond donors (Lipinski definition) is 0. The summed E-state index contributed by atoms with van der Waals surface area (Å²) in [6, 6.07) is 7.01. The Balaban J connectivity index is 1.22. The van der Waals surface area contributed by atoms with E-state index < -0.39 is 17.2 Å². The molecule has 1 spiro atoms. The van der Waals surface area contributed by atoms with Gasteiger partial charge in [0.25, 0.3) is 0 Å². The van der Waals surface area contributed by atoms with Gasteiger partial charge in [0.05, 0.1) is 17.0 Å². The fraction of sp³-hybridized carbons (Fsp3) is 0.478. The highest BCUT2D eigenvalue weighted by molar-refractivity contribution is 6.34. The molecule has 0 saturated carbocycles. The Labute approximate surface area is 206 Å². The van der Waals surface area contributed by atoms with Gasteiger partial charge in [-0.2, -0.15) is 4.80 Å². The van der Waals surface area contributed by atoms with Crippen LogP contribution < -0.4 is 9.64 Å². The first-order valence-corrected chi connectivity index (χ1v) is 11.7. The van der Waals surface area contributed by atoms with Crippen LogP contribution in [0, 0.1) is 0 Å². The number of carbonyl (C=O) groups is 2. The first-order chi connectivity index (χ1) is 16.6. The Bertz CT molecular complexity index is 1270. The van der Waals surface area contributed by atoms with Crippen LogP contribution in [0.5, 0.6) is 5.75 Å².